The van der Waals surface area contributed by atoms with Crippen LogP contribution in [0.15, 0.2) is 77.4 Å². The van der Waals surface area contributed by atoms with Gasteiger partial charge in [-0.15, -0.1) is 0 Å². The molecule has 0 aliphatic carbocycles. The van der Waals surface area contributed by atoms with Crippen molar-refractivity contribution >= 4 is 5.91 Å². The molecule has 28 heavy (non-hydrogen) atoms. The number of quaternary nitrogens is 1. The van der Waals surface area contributed by atoms with Crippen molar-refractivity contribution in [1.29, 1.82) is 0 Å². The summed E-state index contributed by atoms with van der Waals surface area (Å²) in [5.41, 5.74) is 2.80. The molecule has 0 saturated heterocycles. The van der Waals surface area contributed by atoms with Gasteiger partial charge in [0.1, 0.15) is 12.3 Å². The maximum Gasteiger partial charge on any atom is 0.258 e. The van der Waals surface area contributed by atoms with Crippen molar-refractivity contribution in [2.24, 2.45) is 0 Å². The van der Waals surface area contributed by atoms with Crippen LogP contribution in [0.5, 0.6) is 5.75 Å². The molecular weight excluding hydrogens is 352 g/mol. The normalized spacial score (nSPS) is 16.8. The van der Waals surface area contributed by atoms with Gasteiger partial charge in [-0.3, -0.25) is 4.79 Å². The van der Waals surface area contributed by atoms with E-state index < -0.39 is 0 Å². The van der Waals surface area contributed by atoms with E-state index in [9.17, 15) is 4.79 Å². The van der Waals surface area contributed by atoms with Crippen molar-refractivity contribution in [3.05, 3.63) is 89.9 Å². The van der Waals surface area contributed by atoms with Gasteiger partial charge in [-0.2, -0.15) is 0 Å². The Labute approximate surface area is 164 Å². The van der Waals surface area contributed by atoms with E-state index in [-0.39, 0.29) is 18.6 Å². The molecule has 2 heterocycles. The number of rotatable bonds is 7. The topological polar surface area (TPSA) is 55.9 Å². The molecule has 3 aromatic rings. The van der Waals surface area contributed by atoms with Crippen LogP contribution in [-0.2, 0) is 17.8 Å². The molecule has 5 nitrogen and oxygen atoms in total. The number of carbonyl (C=O) groups excluding carboxylic acids is 1. The monoisotopic (exact) mass is 377 g/mol. The van der Waals surface area contributed by atoms with Crippen molar-refractivity contribution in [3.8, 4) is 5.75 Å². The second-order valence-corrected chi connectivity index (χ2v) is 7.08. The highest BCUT2D eigenvalue weighted by atomic mass is 16.5. The lowest BCUT2D eigenvalue weighted by Crippen LogP contribution is -3.12. The maximum atomic E-state index is 12.3. The van der Waals surface area contributed by atoms with Gasteiger partial charge in [0.25, 0.3) is 5.91 Å². The molecule has 1 unspecified atom stereocenters. The Balaban J connectivity index is 1.38. The minimum Gasteiger partial charge on any atom is -0.484 e. The first-order chi connectivity index (χ1) is 13.8. The number of fused-ring (bicyclic) bond motifs is 1. The highest BCUT2D eigenvalue weighted by molar-refractivity contribution is 5.77. The summed E-state index contributed by atoms with van der Waals surface area (Å²) in [6, 6.07) is 21.9. The number of hydrogen-bond acceptors (Lipinski definition) is 3. The number of amides is 1. The smallest absolute Gasteiger partial charge is 0.258 e. The third-order valence-corrected chi connectivity index (χ3v) is 5.25. The Morgan fingerprint density at radius 3 is 2.61 bits per heavy atom. The lowest BCUT2D eigenvalue weighted by atomic mass is 9.98. The van der Waals surface area contributed by atoms with E-state index in [1.165, 1.54) is 16.0 Å². The van der Waals surface area contributed by atoms with Crippen molar-refractivity contribution in [2.45, 2.75) is 19.0 Å². The molecule has 0 fully saturated rings. The average molecular weight is 377 g/mol. The molecule has 5 heteroatoms. The van der Waals surface area contributed by atoms with E-state index in [1.54, 1.807) is 6.26 Å². The standard InChI is InChI=1S/C23H24N2O3/c26-23(17-28-20-9-2-1-3-10-20)24-15-21(22-11-6-14-27-22)25-13-12-18-7-4-5-8-19(18)16-25/h1-11,14,21H,12-13,15-17H2,(H,24,26)/p+1/t21-/m0/s1. The fourth-order valence-electron chi connectivity index (χ4n) is 3.77. The van der Waals surface area contributed by atoms with Crippen molar-refractivity contribution in [1.82, 2.24) is 5.32 Å². The minimum absolute atomic E-state index is 0.00700. The second kappa shape index (κ2) is 8.76. The first kappa shape index (κ1) is 18.3. The molecule has 0 radical (unpaired) electrons. The molecule has 2 aromatic carbocycles. The highest BCUT2D eigenvalue weighted by Crippen LogP contribution is 2.15. The Kier molecular flexibility index (Phi) is 5.73. The van der Waals surface area contributed by atoms with Crippen molar-refractivity contribution in [2.75, 3.05) is 19.7 Å². The van der Waals surface area contributed by atoms with Crippen molar-refractivity contribution < 1.29 is 18.8 Å². The van der Waals surface area contributed by atoms with Crippen LogP contribution in [0, 0.1) is 0 Å². The lowest BCUT2D eigenvalue weighted by molar-refractivity contribution is -0.946. The molecule has 0 spiro atoms. The van der Waals surface area contributed by atoms with Gasteiger partial charge < -0.3 is 19.4 Å². The molecule has 1 aromatic heterocycles. The predicted molar refractivity (Wildman–Crippen MR) is 106 cm³/mol. The van der Waals surface area contributed by atoms with E-state index >= 15 is 0 Å². The summed E-state index contributed by atoms with van der Waals surface area (Å²) < 4.78 is 11.2. The van der Waals surface area contributed by atoms with Gasteiger partial charge in [0.2, 0.25) is 0 Å². The fraction of sp³-hybridized carbons (Fsp3) is 0.261. The Morgan fingerprint density at radius 2 is 1.82 bits per heavy atom. The quantitative estimate of drug-likeness (QED) is 0.663. The predicted octanol–water partition coefficient (Wildman–Crippen LogP) is 2.16. The van der Waals surface area contributed by atoms with Crippen LogP contribution in [0.25, 0.3) is 0 Å². The largest absolute Gasteiger partial charge is 0.484 e. The molecule has 1 aliphatic rings. The third-order valence-electron chi connectivity index (χ3n) is 5.25. The van der Waals surface area contributed by atoms with Crippen LogP contribution in [0.1, 0.15) is 22.9 Å². The van der Waals surface area contributed by atoms with E-state index in [0.717, 1.165) is 25.3 Å². The SMILES string of the molecule is O=C(COc1ccccc1)NC[C@@H](c1ccco1)[NH+]1CCc2ccccc2C1. The molecule has 4 rings (SSSR count). The van der Waals surface area contributed by atoms with E-state index in [2.05, 4.69) is 29.6 Å². The summed E-state index contributed by atoms with van der Waals surface area (Å²) in [4.78, 5) is 13.7. The van der Waals surface area contributed by atoms with E-state index in [0.29, 0.717) is 12.3 Å². The number of carbonyl (C=O) groups is 1. The number of ether oxygens (including phenoxy) is 1. The molecule has 2 atom stereocenters. The summed E-state index contributed by atoms with van der Waals surface area (Å²) in [5, 5.41) is 3.02. The zero-order chi connectivity index (χ0) is 19.2. The summed E-state index contributed by atoms with van der Waals surface area (Å²) >= 11 is 0. The summed E-state index contributed by atoms with van der Waals surface area (Å²) in [6.07, 6.45) is 2.73. The van der Waals surface area contributed by atoms with Gasteiger partial charge in [-0.25, -0.2) is 0 Å². The lowest BCUT2D eigenvalue weighted by Gasteiger charge is -2.31. The Morgan fingerprint density at radius 1 is 1.04 bits per heavy atom. The van der Waals surface area contributed by atoms with Crippen LogP contribution in [-0.4, -0.2) is 25.6 Å². The molecule has 2 N–H and O–H groups in total. The number of benzene rings is 2. The van der Waals surface area contributed by atoms with E-state index in [1.807, 2.05) is 42.5 Å². The number of furan rings is 1. The molecule has 0 bridgehead atoms. The van der Waals surface area contributed by atoms with E-state index in [4.69, 9.17) is 9.15 Å². The maximum absolute atomic E-state index is 12.3. The highest BCUT2D eigenvalue weighted by Gasteiger charge is 2.30. The second-order valence-electron chi connectivity index (χ2n) is 7.08. The number of hydrogen-bond donors (Lipinski definition) is 2. The third kappa shape index (κ3) is 4.43. The van der Waals surface area contributed by atoms with Crippen molar-refractivity contribution in [3.63, 3.8) is 0 Å². The molecule has 1 amide bonds. The average Bonchev–Trinajstić information content (AvgIpc) is 3.27. The van der Waals surface area contributed by atoms with Gasteiger partial charge in [0, 0.05) is 12.0 Å². The van der Waals surface area contributed by atoms with Crippen LogP contribution < -0.4 is 15.0 Å². The van der Waals surface area contributed by atoms with Crippen LogP contribution in [0.2, 0.25) is 0 Å². The zero-order valence-corrected chi connectivity index (χ0v) is 15.8. The molecule has 1 aliphatic heterocycles. The zero-order valence-electron chi connectivity index (χ0n) is 15.8. The van der Waals surface area contributed by atoms with Gasteiger partial charge >= 0.3 is 0 Å². The molecule has 0 saturated carbocycles. The van der Waals surface area contributed by atoms with Crippen LogP contribution >= 0.6 is 0 Å². The van der Waals surface area contributed by atoms with Gasteiger partial charge in [-0.05, 0) is 29.8 Å². The van der Waals surface area contributed by atoms with Gasteiger partial charge in [0.15, 0.2) is 18.4 Å². The minimum atomic E-state index is -0.128. The van der Waals surface area contributed by atoms with Gasteiger partial charge in [0.05, 0.1) is 19.4 Å². The van der Waals surface area contributed by atoms with Crippen LogP contribution in [0.3, 0.4) is 0 Å². The Bertz CT molecular complexity index is 893. The summed E-state index contributed by atoms with van der Waals surface area (Å²) in [7, 11) is 0. The summed E-state index contributed by atoms with van der Waals surface area (Å²) in [5.74, 6) is 1.47. The molecule has 144 valence electrons. The van der Waals surface area contributed by atoms with Gasteiger partial charge in [-0.1, -0.05) is 42.5 Å². The summed E-state index contributed by atoms with van der Waals surface area (Å²) in [6.45, 7) is 2.46. The Hall–Kier alpha value is -3.05. The fourth-order valence-corrected chi connectivity index (χ4v) is 3.77. The molecular formula is C23H25N2O3+. The first-order valence-electron chi connectivity index (χ1n) is 9.69. The first-order valence-corrected chi connectivity index (χ1v) is 9.69. The van der Waals surface area contributed by atoms with Crippen LogP contribution in [0.4, 0.5) is 0 Å². The number of nitrogens with one attached hydrogen (secondary N) is 2. The number of para-hydroxylation sites is 1.